The zero-order valence-electron chi connectivity index (χ0n) is 17.1. The van der Waals surface area contributed by atoms with E-state index in [4.69, 9.17) is 5.73 Å². The van der Waals surface area contributed by atoms with Gasteiger partial charge in [-0.15, -0.1) is 0 Å². The average molecular weight is 404 g/mol. The van der Waals surface area contributed by atoms with Gasteiger partial charge in [0.15, 0.2) is 0 Å². The van der Waals surface area contributed by atoms with Crippen molar-refractivity contribution < 1.29 is 9.59 Å². The van der Waals surface area contributed by atoms with Gasteiger partial charge in [-0.3, -0.25) is 14.6 Å². The van der Waals surface area contributed by atoms with Gasteiger partial charge in [0.05, 0.1) is 11.7 Å². The van der Waals surface area contributed by atoms with E-state index in [0.29, 0.717) is 17.9 Å². The van der Waals surface area contributed by atoms with Crippen LogP contribution in [0.1, 0.15) is 46.6 Å². The highest BCUT2D eigenvalue weighted by atomic mass is 16.2. The lowest BCUT2D eigenvalue weighted by molar-refractivity contribution is -0.133. The molecule has 2 aromatic heterocycles. The number of pyridine rings is 1. The number of amides is 2. The van der Waals surface area contributed by atoms with Crippen molar-refractivity contribution in [2.24, 2.45) is 5.73 Å². The fourth-order valence-corrected chi connectivity index (χ4v) is 3.93. The first-order valence-electron chi connectivity index (χ1n) is 9.96. The molecule has 2 N–H and O–H groups in total. The quantitative estimate of drug-likeness (QED) is 0.703. The summed E-state index contributed by atoms with van der Waals surface area (Å²) in [6.07, 6.45) is 3.60. The van der Waals surface area contributed by atoms with Gasteiger partial charge in [-0.25, -0.2) is 9.67 Å². The highest BCUT2D eigenvalue weighted by molar-refractivity contribution is 5.94. The Kier molecular flexibility index (Phi) is 5.31. The summed E-state index contributed by atoms with van der Waals surface area (Å²) in [4.78, 5) is 35.1. The Morgan fingerprint density at radius 2 is 2.00 bits per heavy atom. The Morgan fingerprint density at radius 1 is 1.17 bits per heavy atom. The monoisotopic (exact) mass is 404 g/mol. The molecule has 1 atom stereocenters. The maximum Gasteiger partial charge on any atom is 0.248 e. The molecule has 1 aliphatic rings. The minimum Gasteiger partial charge on any atom is -0.366 e. The molecule has 8 heteroatoms. The zero-order chi connectivity index (χ0) is 21.3. The lowest BCUT2D eigenvalue weighted by Crippen LogP contribution is -2.34. The number of rotatable bonds is 5. The largest absolute Gasteiger partial charge is 0.366 e. The molecule has 154 valence electrons. The lowest BCUT2D eigenvalue weighted by atomic mass is 10.0. The van der Waals surface area contributed by atoms with Crippen LogP contribution in [0.4, 0.5) is 0 Å². The van der Waals surface area contributed by atoms with E-state index < -0.39 is 5.91 Å². The number of carbonyl (C=O) groups excluding carboxylic acids is 2. The van der Waals surface area contributed by atoms with Crippen molar-refractivity contribution in [3.8, 4) is 11.1 Å². The van der Waals surface area contributed by atoms with Gasteiger partial charge >= 0.3 is 0 Å². The molecule has 1 aliphatic heterocycles. The first-order valence-corrected chi connectivity index (χ1v) is 9.96. The standard InChI is InChI=1S/C22H24N6O2/c1-14-25-15(2)28(26-14)13-21(29)27-10-4-7-20(27)19-9-8-18(12-24-19)16-5-3-6-17(11-16)22(23)30/h3,5-6,8-9,11-12,20H,4,7,10,13H2,1-2H3,(H2,23,30)/t20-/m1/s1. The summed E-state index contributed by atoms with van der Waals surface area (Å²) < 4.78 is 1.65. The summed E-state index contributed by atoms with van der Waals surface area (Å²) in [5.41, 5.74) is 8.47. The van der Waals surface area contributed by atoms with Crippen LogP contribution in [-0.2, 0) is 11.3 Å². The number of carbonyl (C=O) groups is 2. The fraction of sp³-hybridized carbons (Fsp3) is 0.318. The number of benzene rings is 1. The zero-order valence-corrected chi connectivity index (χ0v) is 17.1. The van der Waals surface area contributed by atoms with Crippen LogP contribution in [0.3, 0.4) is 0 Å². The van der Waals surface area contributed by atoms with Gasteiger partial charge in [-0.1, -0.05) is 18.2 Å². The Bertz CT molecular complexity index is 1090. The molecule has 0 saturated carbocycles. The molecule has 1 aromatic carbocycles. The van der Waals surface area contributed by atoms with Crippen molar-refractivity contribution in [3.05, 3.63) is 65.5 Å². The summed E-state index contributed by atoms with van der Waals surface area (Å²) in [5.74, 6) is 0.957. The fourth-order valence-electron chi connectivity index (χ4n) is 3.93. The molecule has 0 aliphatic carbocycles. The summed E-state index contributed by atoms with van der Waals surface area (Å²) in [6, 6.07) is 11.0. The number of likely N-dealkylation sites (tertiary alicyclic amines) is 1. The Balaban J connectivity index is 1.52. The molecule has 0 bridgehead atoms. The van der Waals surface area contributed by atoms with Gasteiger partial charge in [0.1, 0.15) is 18.2 Å². The van der Waals surface area contributed by atoms with Crippen LogP contribution in [0.15, 0.2) is 42.6 Å². The number of hydrogen-bond donors (Lipinski definition) is 1. The maximum atomic E-state index is 12.9. The van der Waals surface area contributed by atoms with Gasteiger partial charge in [-0.2, -0.15) is 5.10 Å². The second kappa shape index (κ2) is 8.06. The molecule has 4 rings (SSSR count). The third-order valence-corrected chi connectivity index (χ3v) is 5.43. The highest BCUT2D eigenvalue weighted by Gasteiger charge is 2.31. The number of hydrogen-bond acceptors (Lipinski definition) is 5. The number of nitrogens with two attached hydrogens (primary N) is 1. The highest BCUT2D eigenvalue weighted by Crippen LogP contribution is 2.32. The van der Waals surface area contributed by atoms with Gasteiger partial charge in [0.2, 0.25) is 11.8 Å². The van der Waals surface area contributed by atoms with E-state index in [2.05, 4.69) is 15.1 Å². The van der Waals surface area contributed by atoms with Crippen molar-refractivity contribution in [2.75, 3.05) is 6.54 Å². The topological polar surface area (TPSA) is 107 Å². The molecule has 8 nitrogen and oxygen atoms in total. The smallest absolute Gasteiger partial charge is 0.248 e. The van der Waals surface area contributed by atoms with Crippen LogP contribution >= 0.6 is 0 Å². The molecule has 3 aromatic rings. The molecule has 2 amide bonds. The summed E-state index contributed by atoms with van der Waals surface area (Å²) in [7, 11) is 0. The van der Waals surface area contributed by atoms with Gasteiger partial charge in [0.25, 0.3) is 0 Å². The van der Waals surface area contributed by atoms with E-state index in [1.807, 2.05) is 36.9 Å². The third-order valence-electron chi connectivity index (χ3n) is 5.43. The minimum absolute atomic E-state index is 0.0190. The molecule has 3 heterocycles. The first-order chi connectivity index (χ1) is 14.4. The van der Waals surface area contributed by atoms with Crippen molar-refractivity contribution in [1.29, 1.82) is 0 Å². The van der Waals surface area contributed by atoms with Crippen LogP contribution in [0.2, 0.25) is 0 Å². The van der Waals surface area contributed by atoms with Crippen LogP contribution in [0.5, 0.6) is 0 Å². The van der Waals surface area contributed by atoms with Crippen molar-refractivity contribution in [1.82, 2.24) is 24.6 Å². The normalized spacial score (nSPS) is 16.1. The molecule has 1 saturated heterocycles. The molecule has 0 radical (unpaired) electrons. The predicted molar refractivity (Wildman–Crippen MR) is 111 cm³/mol. The van der Waals surface area contributed by atoms with Gasteiger partial charge < -0.3 is 10.6 Å². The molecule has 0 unspecified atom stereocenters. The van der Waals surface area contributed by atoms with E-state index >= 15 is 0 Å². The predicted octanol–water partition coefficient (Wildman–Crippen LogP) is 2.42. The van der Waals surface area contributed by atoms with Crippen LogP contribution in [0, 0.1) is 13.8 Å². The number of primary amides is 1. The van der Waals surface area contributed by atoms with Gasteiger partial charge in [-0.05, 0) is 50.5 Å². The first kappa shape index (κ1) is 19.8. The average Bonchev–Trinajstić information content (AvgIpc) is 3.34. The Labute approximate surface area is 174 Å². The van der Waals surface area contributed by atoms with E-state index in [0.717, 1.165) is 35.5 Å². The van der Waals surface area contributed by atoms with Crippen molar-refractivity contribution in [2.45, 2.75) is 39.3 Å². The molecule has 0 spiro atoms. The van der Waals surface area contributed by atoms with E-state index in [9.17, 15) is 9.59 Å². The summed E-state index contributed by atoms with van der Waals surface area (Å²) in [5, 5.41) is 4.29. The summed E-state index contributed by atoms with van der Waals surface area (Å²) in [6.45, 7) is 4.56. The van der Waals surface area contributed by atoms with Crippen molar-refractivity contribution >= 4 is 11.8 Å². The maximum absolute atomic E-state index is 12.9. The van der Waals surface area contributed by atoms with E-state index in [1.165, 1.54) is 0 Å². The van der Waals surface area contributed by atoms with E-state index in [1.54, 1.807) is 29.1 Å². The number of aryl methyl sites for hydroxylation is 2. The SMILES string of the molecule is Cc1nc(C)n(CC(=O)N2CCC[C@@H]2c2ccc(-c3cccc(C(N)=O)c3)cn2)n1. The Morgan fingerprint density at radius 3 is 2.67 bits per heavy atom. The van der Waals surface area contributed by atoms with Crippen LogP contribution in [0.25, 0.3) is 11.1 Å². The Hall–Kier alpha value is -3.55. The molecule has 1 fully saturated rings. The summed E-state index contributed by atoms with van der Waals surface area (Å²) >= 11 is 0. The second-order valence-electron chi connectivity index (χ2n) is 7.53. The van der Waals surface area contributed by atoms with Crippen molar-refractivity contribution in [3.63, 3.8) is 0 Å². The van der Waals surface area contributed by atoms with E-state index in [-0.39, 0.29) is 18.5 Å². The molecule has 30 heavy (non-hydrogen) atoms. The van der Waals surface area contributed by atoms with Crippen LogP contribution in [-0.4, -0.2) is 43.0 Å². The minimum atomic E-state index is -0.459. The molecular weight excluding hydrogens is 380 g/mol. The lowest BCUT2D eigenvalue weighted by Gasteiger charge is -2.24. The second-order valence-corrected chi connectivity index (χ2v) is 7.53. The van der Waals surface area contributed by atoms with Gasteiger partial charge in [0, 0.05) is 23.9 Å². The third kappa shape index (κ3) is 3.94. The number of aromatic nitrogens is 4. The van der Waals surface area contributed by atoms with Crippen LogP contribution < -0.4 is 5.73 Å². The number of nitrogens with zero attached hydrogens (tertiary/aromatic N) is 5. The molecular formula is C22H24N6O2.